The fraction of sp³-hybridized carbons (Fsp3) is 0.316. The number of nitrogens with one attached hydrogen (secondary N) is 1. The molecule has 31 heavy (non-hydrogen) atoms. The molecule has 0 bridgehead atoms. The maximum absolute atomic E-state index is 15.0. The number of hydrogen-bond donors (Lipinski definition) is 2. The number of ether oxygens (including phenoxy) is 1. The highest BCUT2D eigenvalue weighted by atomic mass is 35.5. The zero-order valence-electron chi connectivity index (χ0n) is 15.7. The molecule has 2 aliphatic heterocycles. The first-order valence-electron chi connectivity index (χ1n) is 9.02. The number of benzene rings is 1. The average molecular weight is 460 g/mol. The van der Waals surface area contributed by atoms with Gasteiger partial charge in [-0.05, 0) is 29.8 Å². The Balaban J connectivity index is 1.86. The van der Waals surface area contributed by atoms with Gasteiger partial charge in [-0.2, -0.15) is 13.2 Å². The molecule has 0 saturated carbocycles. The van der Waals surface area contributed by atoms with Crippen LogP contribution in [-0.2, 0) is 16.8 Å². The Kier molecular flexibility index (Phi) is 5.24. The molecular formula is C19H15ClF5N5O. The van der Waals surface area contributed by atoms with Crippen molar-refractivity contribution in [1.82, 2.24) is 10.3 Å². The summed E-state index contributed by atoms with van der Waals surface area (Å²) in [4.78, 5) is 12.1. The second-order valence-corrected chi connectivity index (χ2v) is 7.49. The Morgan fingerprint density at radius 2 is 2.06 bits per heavy atom. The monoisotopic (exact) mass is 459 g/mol. The topological polar surface area (TPSA) is 84.9 Å². The number of nitrogens with two attached hydrogens (primary N) is 1. The van der Waals surface area contributed by atoms with E-state index in [4.69, 9.17) is 22.1 Å². The number of fused-ring (bicyclic) bond motifs is 1. The standard InChI is InChI=1S/C19H15ClF5N5O/c20-10-1-2-13(27-6-10)16-28-5-9-3-12(22)11(4-14(9)29-16)18(8-21)15(19(23,24)25)7-31-17(26)30-18/h1-4,6,15H,5,7-8H2,(H2,26,30)(H,28,29)/t15?,18-/m1/s1. The van der Waals surface area contributed by atoms with Crippen molar-refractivity contribution in [2.45, 2.75) is 18.3 Å². The number of nitrogens with zero attached hydrogens (tertiary/aromatic N) is 3. The third kappa shape index (κ3) is 3.78. The molecule has 0 aliphatic carbocycles. The van der Waals surface area contributed by atoms with Gasteiger partial charge in [0.15, 0.2) is 5.84 Å². The van der Waals surface area contributed by atoms with Gasteiger partial charge in [0.05, 0.1) is 10.7 Å². The lowest BCUT2D eigenvalue weighted by atomic mass is 9.77. The molecule has 0 spiro atoms. The predicted octanol–water partition coefficient (Wildman–Crippen LogP) is 3.74. The van der Waals surface area contributed by atoms with Gasteiger partial charge in [-0.15, -0.1) is 0 Å². The Hall–Kier alpha value is -2.95. The third-order valence-electron chi connectivity index (χ3n) is 5.17. The van der Waals surface area contributed by atoms with Crippen LogP contribution in [0.15, 0.2) is 40.4 Å². The van der Waals surface area contributed by atoms with Crippen molar-refractivity contribution in [1.29, 1.82) is 0 Å². The van der Waals surface area contributed by atoms with E-state index in [0.717, 1.165) is 12.1 Å². The maximum atomic E-state index is 15.0. The quantitative estimate of drug-likeness (QED) is 0.685. The Morgan fingerprint density at radius 1 is 1.29 bits per heavy atom. The molecule has 6 nitrogen and oxygen atoms in total. The number of amidine groups is 2. The normalized spacial score (nSPS) is 23.2. The molecule has 2 atom stereocenters. The summed E-state index contributed by atoms with van der Waals surface area (Å²) in [6.07, 6.45) is -3.51. The minimum absolute atomic E-state index is 0.134. The first kappa shape index (κ1) is 21.3. The van der Waals surface area contributed by atoms with Gasteiger partial charge < -0.3 is 15.8 Å². The highest BCUT2D eigenvalue weighted by Gasteiger charge is 2.58. The van der Waals surface area contributed by atoms with E-state index in [1.807, 2.05) is 0 Å². The van der Waals surface area contributed by atoms with E-state index in [-0.39, 0.29) is 12.2 Å². The highest BCUT2D eigenvalue weighted by Crippen LogP contribution is 2.48. The minimum atomic E-state index is -4.91. The molecule has 4 rings (SSSR count). The van der Waals surface area contributed by atoms with E-state index in [0.29, 0.717) is 22.1 Å². The molecule has 2 aliphatic rings. The van der Waals surface area contributed by atoms with Crippen LogP contribution in [0.5, 0.6) is 0 Å². The summed E-state index contributed by atoms with van der Waals surface area (Å²) in [6.45, 7) is -2.48. The fourth-order valence-electron chi connectivity index (χ4n) is 3.60. The molecule has 1 aromatic carbocycles. The van der Waals surface area contributed by atoms with Crippen LogP contribution in [-0.4, -0.2) is 36.3 Å². The van der Waals surface area contributed by atoms with E-state index >= 15 is 0 Å². The van der Waals surface area contributed by atoms with E-state index in [1.165, 1.54) is 6.20 Å². The maximum Gasteiger partial charge on any atom is 0.397 e. The second-order valence-electron chi connectivity index (χ2n) is 7.05. The van der Waals surface area contributed by atoms with Crippen molar-refractivity contribution in [2.24, 2.45) is 21.6 Å². The average Bonchev–Trinajstić information content (AvgIpc) is 2.72. The number of pyridine rings is 1. The van der Waals surface area contributed by atoms with Gasteiger partial charge in [-0.1, -0.05) is 11.6 Å². The summed E-state index contributed by atoms with van der Waals surface area (Å²) in [7, 11) is 0. The summed E-state index contributed by atoms with van der Waals surface area (Å²) in [5.74, 6) is -3.18. The fourth-order valence-corrected chi connectivity index (χ4v) is 3.72. The van der Waals surface area contributed by atoms with Crippen molar-refractivity contribution in [3.05, 3.63) is 58.1 Å². The van der Waals surface area contributed by atoms with Gasteiger partial charge in [0.1, 0.15) is 36.2 Å². The molecule has 12 heteroatoms. The van der Waals surface area contributed by atoms with E-state index in [9.17, 15) is 22.0 Å². The molecule has 0 fully saturated rings. The zero-order valence-corrected chi connectivity index (χ0v) is 16.4. The largest absolute Gasteiger partial charge is 0.465 e. The molecular weight excluding hydrogens is 445 g/mol. The molecule has 164 valence electrons. The Bertz CT molecular complexity index is 1070. The first-order chi connectivity index (χ1) is 14.6. The van der Waals surface area contributed by atoms with Crippen molar-refractivity contribution >= 4 is 29.1 Å². The van der Waals surface area contributed by atoms with E-state index < -0.39 is 48.3 Å². The predicted molar refractivity (Wildman–Crippen MR) is 103 cm³/mol. The lowest BCUT2D eigenvalue weighted by molar-refractivity contribution is -0.208. The van der Waals surface area contributed by atoms with Gasteiger partial charge in [-0.25, -0.2) is 18.8 Å². The molecule has 0 radical (unpaired) electrons. The van der Waals surface area contributed by atoms with Gasteiger partial charge >= 0.3 is 6.18 Å². The van der Waals surface area contributed by atoms with Crippen molar-refractivity contribution in [2.75, 3.05) is 13.3 Å². The van der Waals surface area contributed by atoms with E-state index in [1.54, 1.807) is 12.1 Å². The summed E-state index contributed by atoms with van der Waals surface area (Å²) < 4.78 is 74.9. The smallest absolute Gasteiger partial charge is 0.397 e. The lowest BCUT2D eigenvalue weighted by Gasteiger charge is -2.39. The Morgan fingerprint density at radius 3 is 2.71 bits per heavy atom. The van der Waals surface area contributed by atoms with Gasteiger partial charge in [0.25, 0.3) is 6.02 Å². The molecule has 3 heterocycles. The molecule has 1 unspecified atom stereocenters. The van der Waals surface area contributed by atoms with Crippen molar-refractivity contribution < 1.29 is 26.7 Å². The first-order valence-corrected chi connectivity index (χ1v) is 9.40. The van der Waals surface area contributed by atoms with Crippen LogP contribution in [0.2, 0.25) is 5.02 Å². The molecule has 1 aromatic heterocycles. The second kappa shape index (κ2) is 7.63. The summed E-state index contributed by atoms with van der Waals surface area (Å²) in [5.41, 5.74) is 3.17. The van der Waals surface area contributed by atoms with Crippen LogP contribution >= 0.6 is 11.6 Å². The number of alkyl halides is 4. The number of halogens is 6. The van der Waals surface area contributed by atoms with Crippen LogP contribution in [0, 0.1) is 11.7 Å². The lowest BCUT2D eigenvalue weighted by Crippen LogP contribution is -2.52. The number of aliphatic imine (C=N–C) groups is 2. The minimum Gasteiger partial charge on any atom is -0.465 e. The van der Waals surface area contributed by atoms with Crippen LogP contribution in [0.3, 0.4) is 0 Å². The molecule has 0 amide bonds. The molecule has 0 saturated heterocycles. The third-order valence-corrected chi connectivity index (χ3v) is 5.39. The van der Waals surface area contributed by atoms with Crippen molar-refractivity contribution in [3.63, 3.8) is 0 Å². The number of rotatable bonds is 3. The van der Waals surface area contributed by atoms with Crippen LogP contribution < -0.4 is 11.1 Å². The molecule has 2 aromatic rings. The summed E-state index contributed by atoms with van der Waals surface area (Å²) >= 11 is 5.82. The SMILES string of the molecule is NC1=N[C@](CF)(c2cc3c(cc2F)CNC(c2ccc(Cl)cn2)=N3)C(C(F)(F)F)CO1. The Labute approximate surface area is 178 Å². The van der Waals surface area contributed by atoms with E-state index in [2.05, 4.69) is 20.3 Å². The van der Waals surface area contributed by atoms with Crippen LogP contribution in [0.4, 0.5) is 27.6 Å². The van der Waals surface area contributed by atoms with Crippen LogP contribution in [0.1, 0.15) is 16.8 Å². The van der Waals surface area contributed by atoms with Crippen LogP contribution in [0.25, 0.3) is 0 Å². The molecule has 3 N–H and O–H groups in total. The summed E-state index contributed by atoms with van der Waals surface area (Å²) in [6, 6.07) is 4.62. The van der Waals surface area contributed by atoms with Gasteiger partial charge in [0.2, 0.25) is 0 Å². The van der Waals surface area contributed by atoms with Gasteiger partial charge in [-0.3, -0.25) is 4.98 Å². The number of hydrogen-bond acceptors (Lipinski definition) is 6. The highest BCUT2D eigenvalue weighted by molar-refractivity contribution is 6.30. The van der Waals surface area contributed by atoms with Gasteiger partial charge in [0, 0.05) is 18.3 Å². The number of aromatic nitrogens is 1. The summed E-state index contributed by atoms with van der Waals surface area (Å²) in [5, 5.41) is 3.36. The zero-order chi connectivity index (χ0) is 22.4. The van der Waals surface area contributed by atoms with Crippen molar-refractivity contribution in [3.8, 4) is 0 Å².